The number of likely N-dealkylation sites (N-methyl/N-ethyl adjacent to an activating group) is 1. The van der Waals surface area contributed by atoms with Crippen molar-refractivity contribution in [3.05, 3.63) is 29.6 Å². The number of hydrogen-bond donors (Lipinski definition) is 2. The molecule has 0 heterocycles. The quantitative estimate of drug-likeness (QED) is 0.647. The average molecular weight is 378 g/mol. The van der Waals surface area contributed by atoms with Crippen LogP contribution in [-0.4, -0.2) is 53.9 Å². The second-order valence-electron chi connectivity index (χ2n) is 6.33. The number of carboxylic acids is 1. The molecule has 1 aliphatic carbocycles. The summed E-state index contributed by atoms with van der Waals surface area (Å²) in [5.74, 6) is -2.12. The zero-order chi connectivity index (χ0) is 19.3. The number of hydrogen-bond acceptors (Lipinski definition) is 4. The first-order chi connectivity index (χ1) is 12.2. The molecule has 0 amide bonds. The van der Waals surface area contributed by atoms with Crippen LogP contribution in [0.4, 0.5) is 17.6 Å². The summed E-state index contributed by atoms with van der Waals surface area (Å²) >= 11 is 0. The summed E-state index contributed by atoms with van der Waals surface area (Å²) in [4.78, 5) is 12.7. The van der Waals surface area contributed by atoms with Crippen LogP contribution in [0.2, 0.25) is 0 Å². The number of rotatable bonds is 9. The first-order valence-corrected chi connectivity index (χ1v) is 8.35. The second-order valence-corrected chi connectivity index (χ2v) is 6.33. The van der Waals surface area contributed by atoms with Gasteiger partial charge in [-0.2, -0.15) is 13.2 Å². The van der Waals surface area contributed by atoms with Crippen LogP contribution >= 0.6 is 0 Å². The van der Waals surface area contributed by atoms with Crippen LogP contribution in [-0.2, 0) is 11.3 Å². The molecular weight excluding hydrogens is 356 g/mol. The smallest absolute Gasteiger partial charge is 0.422 e. The summed E-state index contributed by atoms with van der Waals surface area (Å²) in [7, 11) is 0. The summed E-state index contributed by atoms with van der Waals surface area (Å²) < 4.78 is 54.5. The lowest BCUT2D eigenvalue weighted by Crippen LogP contribution is -2.53. The zero-order valence-corrected chi connectivity index (χ0v) is 14.4. The summed E-state index contributed by atoms with van der Waals surface area (Å²) in [6.45, 7) is 1.43. The van der Waals surface area contributed by atoms with Crippen molar-refractivity contribution in [2.45, 2.75) is 44.6 Å². The van der Waals surface area contributed by atoms with Crippen LogP contribution in [0.1, 0.15) is 25.3 Å². The summed E-state index contributed by atoms with van der Waals surface area (Å²) in [6, 6.07) is 4.27. The van der Waals surface area contributed by atoms with Crippen molar-refractivity contribution >= 4 is 5.97 Å². The number of benzene rings is 1. The largest absolute Gasteiger partial charge is 0.481 e. The van der Waals surface area contributed by atoms with Crippen LogP contribution < -0.4 is 10.1 Å². The normalized spacial score (nSPS) is 20.1. The predicted molar refractivity (Wildman–Crippen MR) is 86.5 cm³/mol. The van der Waals surface area contributed by atoms with E-state index in [1.807, 2.05) is 11.8 Å². The van der Waals surface area contributed by atoms with Gasteiger partial charge in [-0.3, -0.25) is 9.69 Å². The Kier molecular flexibility index (Phi) is 6.82. The van der Waals surface area contributed by atoms with Crippen LogP contribution in [0.3, 0.4) is 0 Å². The first-order valence-electron chi connectivity index (χ1n) is 8.35. The standard InChI is InChI=1S/C17H22F4N2O3/c1-2-23(9-16(24)25)13-6-12(7-13)22-8-11-3-4-15(14(18)5-11)26-10-17(19,20)21/h3-5,12-13,22H,2,6-10H2,1H3,(H,24,25). The van der Waals surface area contributed by atoms with Crippen LogP contribution in [0.5, 0.6) is 5.75 Å². The monoisotopic (exact) mass is 378 g/mol. The molecule has 2 rings (SSSR count). The fourth-order valence-corrected chi connectivity index (χ4v) is 2.92. The molecule has 0 saturated heterocycles. The number of ether oxygens (including phenoxy) is 1. The Morgan fingerprint density at radius 1 is 1.38 bits per heavy atom. The van der Waals surface area contributed by atoms with Gasteiger partial charge in [-0.05, 0) is 37.1 Å². The Hall–Kier alpha value is -1.87. The topological polar surface area (TPSA) is 61.8 Å². The maximum absolute atomic E-state index is 13.8. The van der Waals surface area contributed by atoms with Gasteiger partial charge in [-0.1, -0.05) is 13.0 Å². The highest BCUT2D eigenvalue weighted by atomic mass is 19.4. The molecule has 0 spiro atoms. The lowest BCUT2D eigenvalue weighted by molar-refractivity contribution is -0.153. The molecule has 0 unspecified atom stereocenters. The lowest BCUT2D eigenvalue weighted by atomic mass is 9.85. The third-order valence-corrected chi connectivity index (χ3v) is 4.36. The molecule has 1 aliphatic rings. The van der Waals surface area contributed by atoms with E-state index < -0.39 is 30.3 Å². The molecule has 1 fully saturated rings. The van der Waals surface area contributed by atoms with E-state index in [9.17, 15) is 22.4 Å². The summed E-state index contributed by atoms with van der Waals surface area (Å²) in [5, 5.41) is 12.1. The number of carboxylic acid groups (broad SMARTS) is 1. The third kappa shape index (κ3) is 6.14. The van der Waals surface area contributed by atoms with Crippen LogP contribution in [0.15, 0.2) is 18.2 Å². The highest BCUT2D eigenvalue weighted by Gasteiger charge is 2.33. The number of aliphatic carboxylic acids is 1. The van der Waals surface area contributed by atoms with Crippen LogP contribution in [0.25, 0.3) is 0 Å². The lowest BCUT2D eigenvalue weighted by Gasteiger charge is -2.42. The molecule has 5 nitrogen and oxygen atoms in total. The SMILES string of the molecule is CCN(CC(=O)O)C1CC(NCc2ccc(OCC(F)(F)F)c(F)c2)C1. The highest BCUT2D eigenvalue weighted by molar-refractivity contribution is 5.69. The average Bonchev–Trinajstić information content (AvgIpc) is 2.50. The van der Waals surface area contributed by atoms with Crippen molar-refractivity contribution in [3.63, 3.8) is 0 Å². The minimum Gasteiger partial charge on any atom is -0.481 e. The molecule has 2 N–H and O–H groups in total. The molecule has 0 radical (unpaired) electrons. The van der Waals surface area contributed by atoms with Gasteiger partial charge >= 0.3 is 12.1 Å². The number of halogens is 4. The van der Waals surface area contributed by atoms with Gasteiger partial charge in [0.05, 0.1) is 6.54 Å². The molecule has 0 atom stereocenters. The van der Waals surface area contributed by atoms with E-state index in [0.717, 1.165) is 18.9 Å². The zero-order valence-electron chi connectivity index (χ0n) is 14.4. The van der Waals surface area contributed by atoms with E-state index >= 15 is 0 Å². The van der Waals surface area contributed by atoms with Gasteiger partial charge in [0.1, 0.15) is 0 Å². The Morgan fingerprint density at radius 3 is 2.62 bits per heavy atom. The first kappa shape index (κ1) is 20.4. The van der Waals surface area contributed by atoms with Gasteiger partial charge in [0.2, 0.25) is 0 Å². The molecule has 0 aliphatic heterocycles. The van der Waals surface area contributed by atoms with Crippen molar-refractivity contribution in [3.8, 4) is 5.75 Å². The molecule has 0 aromatic heterocycles. The van der Waals surface area contributed by atoms with Crippen molar-refractivity contribution in [2.24, 2.45) is 0 Å². The Balaban J connectivity index is 1.77. The number of carbonyl (C=O) groups is 1. The van der Waals surface area contributed by atoms with Crippen LogP contribution in [0, 0.1) is 5.82 Å². The number of nitrogens with one attached hydrogen (secondary N) is 1. The van der Waals surface area contributed by atoms with E-state index in [0.29, 0.717) is 18.7 Å². The van der Waals surface area contributed by atoms with Gasteiger partial charge in [0.15, 0.2) is 18.2 Å². The van der Waals surface area contributed by atoms with Crippen molar-refractivity contribution in [1.29, 1.82) is 0 Å². The van der Waals surface area contributed by atoms with E-state index in [1.54, 1.807) is 0 Å². The van der Waals surface area contributed by atoms with Gasteiger partial charge < -0.3 is 15.2 Å². The predicted octanol–water partition coefficient (Wildman–Crippen LogP) is 2.79. The maximum atomic E-state index is 13.8. The van der Waals surface area contributed by atoms with Gasteiger partial charge in [0, 0.05) is 18.6 Å². The summed E-state index contributed by atoms with van der Waals surface area (Å²) in [6.07, 6.45) is -2.91. The Bertz CT molecular complexity index is 619. The molecular formula is C17H22F4N2O3. The minimum absolute atomic E-state index is 0.0124. The second kappa shape index (κ2) is 8.68. The molecule has 26 heavy (non-hydrogen) atoms. The van der Waals surface area contributed by atoms with Gasteiger partial charge in [-0.15, -0.1) is 0 Å². The molecule has 1 aromatic rings. The Labute approximate surface area is 148 Å². The van der Waals surface area contributed by atoms with Gasteiger partial charge in [0.25, 0.3) is 0 Å². The molecule has 146 valence electrons. The van der Waals surface area contributed by atoms with E-state index in [-0.39, 0.29) is 18.6 Å². The van der Waals surface area contributed by atoms with Gasteiger partial charge in [-0.25, -0.2) is 4.39 Å². The van der Waals surface area contributed by atoms with E-state index in [4.69, 9.17) is 5.11 Å². The fraction of sp³-hybridized carbons (Fsp3) is 0.588. The van der Waals surface area contributed by atoms with E-state index in [2.05, 4.69) is 10.1 Å². The molecule has 9 heteroatoms. The molecule has 1 aromatic carbocycles. The molecule has 0 bridgehead atoms. The minimum atomic E-state index is -4.51. The molecule has 1 saturated carbocycles. The number of alkyl halides is 3. The van der Waals surface area contributed by atoms with E-state index in [1.165, 1.54) is 12.1 Å². The highest BCUT2D eigenvalue weighted by Crippen LogP contribution is 2.26. The van der Waals surface area contributed by atoms with Crippen molar-refractivity contribution in [1.82, 2.24) is 10.2 Å². The summed E-state index contributed by atoms with van der Waals surface area (Å²) in [5.41, 5.74) is 0.600. The Morgan fingerprint density at radius 2 is 2.08 bits per heavy atom. The fourth-order valence-electron chi connectivity index (χ4n) is 2.92. The maximum Gasteiger partial charge on any atom is 0.422 e. The number of nitrogens with zero attached hydrogens (tertiary/aromatic N) is 1. The third-order valence-electron chi connectivity index (χ3n) is 4.36. The van der Waals surface area contributed by atoms with Crippen molar-refractivity contribution < 1.29 is 32.2 Å². The van der Waals surface area contributed by atoms with Crippen molar-refractivity contribution in [2.75, 3.05) is 19.7 Å².